The number of amides is 1. The van der Waals surface area contributed by atoms with Crippen LogP contribution < -0.4 is 5.73 Å². The molecule has 138 valence electrons. The number of benzene rings is 1. The molecular formula is C21H28N4O. The molecule has 0 bridgehead atoms. The van der Waals surface area contributed by atoms with Gasteiger partial charge in [-0.3, -0.25) is 4.79 Å². The zero-order valence-corrected chi connectivity index (χ0v) is 16.6. The minimum atomic E-state index is -0.0236. The number of nitrogens with two attached hydrogens (primary N) is 1. The molecule has 2 heterocycles. The van der Waals surface area contributed by atoms with Crippen LogP contribution in [0, 0.1) is 0 Å². The first-order valence-electron chi connectivity index (χ1n) is 9.01. The van der Waals surface area contributed by atoms with E-state index in [9.17, 15) is 4.79 Å². The van der Waals surface area contributed by atoms with Crippen LogP contribution in [0.3, 0.4) is 0 Å². The number of rotatable bonds is 1. The standard InChI is InChI=1S/C21H28N4O/c1-20(2,3)15-7-13(8-16(9-15)21(4,5)6)18(26)25-11-14-10-23-19(22)24-17(14)12-25/h7-10H,11-12H2,1-6H3,(H2,22,23,24). The highest BCUT2D eigenvalue weighted by Gasteiger charge is 2.28. The summed E-state index contributed by atoms with van der Waals surface area (Å²) in [6.07, 6.45) is 1.72. The van der Waals surface area contributed by atoms with Gasteiger partial charge in [0.15, 0.2) is 0 Å². The van der Waals surface area contributed by atoms with Gasteiger partial charge in [-0.2, -0.15) is 0 Å². The third-order valence-corrected chi connectivity index (χ3v) is 4.87. The fourth-order valence-electron chi connectivity index (χ4n) is 3.11. The number of hydrogen-bond acceptors (Lipinski definition) is 4. The van der Waals surface area contributed by atoms with Crippen LogP contribution in [0.2, 0.25) is 0 Å². The molecule has 1 amide bonds. The van der Waals surface area contributed by atoms with Crippen molar-refractivity contribution in [3.63, 3.8) is 0 Å². The van der Waals surface area contributed by atoms with Crippen molar-refractivity contribution in [1.29, 1.82) is 0 Å². The van der Waals surface area contributed by atoms with E-state index in [1.807, 2.05) is 17.0 Å². The van der Waals surface area contributed by atoms with Crippen molar-refractivity contribution in [2.24, 2.45) is 0 Å². The van der Waals surface area contributed by atoms with Crippen LogP contribution in [-0.2, 0) is 23.9 Å². The number of nitrogen functional groups attached to an aromatic ring is 1. The Labute approximate surface area is 155 Å². The Kier molecular flexibility index (Phi) is 4.29. The second-order valence-corrected chi connectivity index (χ2v) is 9.16. The minimum absolute atomic E-state index is 0.0236. The Balaban J connectivity index is 1.97. The molecule has 0 atom stereocenters. The zero-order valence-electron chi connectivity index (χ0n) is 16.6. The summed E-state index contributed by atoms with van der Waals surface area (Å²) in [5.41, 5.74) is 10.5. The van der Waals surface area contributed by atoms with E-state index < -0.39 is 0 Å². The van der Waals surface area contributed by atoms with E-state index in [2.05, 4.69) is 57.6 Å². The molecule has 26 heavy (non-hydrogen) atoms. The number of fused-ring (bicyclic) bond motifs is 1. The Morgan fingerprint density at radius 3 is 2.12 bits per heavy atom. The predicted octanol–water partition coefficient (Wildman–Crippen LogP) is 3.81. The summed E-state index contributed by atoms with van der Waals surface area (Å²) in [5, 5.41) is 0. The van der Waals surface area contributed by atoms with Crippen molar-refractivity contribution in [3.8, 4) is 0 Å². The second-order valence-electron chi connectivity index (χ2n) is 9.16. The molecular weight excluding hydrogens is 324 g/mol. The smallest absolute Gasteiger partial charge is 0.254 e. The molecule has 1 aliphatic rings. The molecule has 0 fully saturated rings. The highest BCUT2D eigenvalue weighted by Crippen LogP contribution is 2.31. The Bertz CT molecular complexity index is 827. The number of carbonyl (C=O) groups excluding carboxylic acids is 1. The molecule has 1 aliphatic heterocycles. The quantitative estimate of drug-likeness (QED) is 0.847. The van der Waals surface area contributed by atoms with Crippen LogP contribution in [0.1, 0.15) is 74.3 Å². The van der Waals surface area contributed by atoms with Gasteiger partial charge in [0.2, 0.25) is 5.95 Å². The van der Waals surface area contributed by atoms with Gasteiger partial charge in [0.25, 0.3) is 5.91 Å². The summed E-state index contributed by atoms with van der Waals surface area (Å²) in [4.78, 5) is 23.3. The van der Waals surface area contributed by atoms with Gasteiger partial charge >= 0.3 is 0 Å². The average molecular weight is 352 g/mol. The lowest BCUT2D eigenvalue weighted by atomic mass is 9.79. The summed E-state index contributed by atoms with van der Waals surface area (Å²) in [5.74, 6) is 0.279. The molecule has 2 aromatic rings. The fourth-order valence-corrected chi connectivity index (χ4v) is 3.11. The number of nitrogens with zero attached hydrogens (tertiary/aromatic N) is 3. The average Bonchev–Trinajstić information content (AvgIpc) is 2.95. The fraction of sp³-hybridized carbons (Fsp3) is 0.476. The number of anilines is 1. The summed E-state index contributed by atoms with van der Waals surface area (Å²) in [7, 11) is 0. The first-order valence-corrected chi connectivity index (χ1v) is 9.01. The van der Waals surface area contributed by atoms with E-state index in [0.717, 1.165) is 16.8 Å². The largest absolute Gasteiger partial charge is 0.368 e. The van der Waals surface area contributed by atoms with Gasteiger partial charge < -0.3 is 10.6 Å². The molecule has 5 nitrogen and oxygen atoms in total. The van der Waals surface area contributed by atoms with Crippen molar-refractivity contribution in [3.05, 3.63) is 52.3 Å². The highest BCUT2D eigenvalue weighted by molar-refractivity contribution is 5.95. The molecule has 1 aromatic heterocycles. The SMILES string of the molecule is CC(C)(C)c1cc(C(=O)N2Cc3cnc(N)nc3C2)cc(C(C)(C)C)c1. The van der Waals surface area contributed by atoms with E-state index in [0.29, 0.717) is 13.1 Å². The molecule has 0 unspecified atom stereocenters. The molecule has 0 aliphatic carbocycles. The van der Waals surface area contributed by atoms with E-state index >= 15 is 0 Å². The number of carbonyl (C=O) groups is 1. The van der Waals surface area contributed by atoms with Crippen molar-refractivity contribution in [2.45, 2.75) is 65.5 Å². The van der Waals surface area contributed by atoms with Crippen LogP contribution >= 0.6 is 0 Å². The molecule has 3 rings (SSSR count). The molecule has 1 aromatic carbocycles. The molecule has 0 spiro atoms. The van der Waals surface area contributed by atoms with Crippen molar-refractivity contribution < 1.29 is 4.79 Å². The molecule has 2 N–H and O–H groups in total. The van der Waals surface area contributed by atoms with Gasteiger partial charge in [0.05, 0.1) is 12.2 Å². The molecule has 0 saturated carbocycles. The zero-order chi connectivity index (χ0) is 19.3. The first-order chi connectivity index (χ1) is 11.9. The molecule has 0 radical (unpaired) electrons. The maximum atomic E-state index is 13.2. The van der Waals surface area contributed by atoms with E-state index in [1.54, 1.807) is 6.20 Å². The van der Waals surface area contributed by atoms with E-state index in [-0.39, 0.29) is 22.7 Å². The van der Waals surface area contributed by atoms with Crippen LogP contribution in [0.15, 0.2) is 24.4 Å². The topological polar surface area (TPSA) is 72.1 Å². The van der Waals surface area contributed by atoms with Gasteiger partial charge in [0.1, 0.15) is 0 Å². The van der Waals surface area contributed by atoms with Crippen molar-refractivity contribution >= 4 is 11.9 Å². The van der Waals surface area contributed by atoms with Gasteiger partial charge in [-0.25, -0.2) is 9.97 Å². The normalized spacial score (nSPS) is 14.5. The lowest BCUT2D eigenvalue weighted by molar-refractivity contribution is 0.0750. The monoisotopic (exact) mass is 352 g/mol. The van der Waals surface area contributed by atoms with E-state index in [4.69, 9.17) is 5.73 Å². The first kappa shape index (κ1) is 18.4. The number of hydrogen-bond donors (Lipinski definition) is 1. The maximum Gasteiger partial charge on any atom is 0.254 e. The maximum absolute atomic E-state index is 13.2. The van der Waals surface area contributed by atoms with Crippen LogP contribution in [-0.4, -0.2) is 20.8 Å². The van der Waals surface area contributed by atoms with Crippen LogP contribution in [0.25, 0.3) is 0 Å². The lowest BCUT2D eigenvalue weighted by Crippen LogP contribution is -2.27. The Hall–Kier alpha value is -2.43. The van der Waals surface area contributed by atoms with Crippen molar-refractivity contribution in [2.75, 3.05) is 5.73 Å². The summed E-state index contributed by atoms with van der Waals surface area (Å²) in [6, 6.07) is 6.28. The van der Waals surface area contributed by atoms with Gasteiger partial charge in [0, 0.05) is 23.9 Å². The molecule has 5 heteroatoms. The number of aromatic nitrogens is 2. The summed E-state index contributed by atoms with van der Waals surface area (Å²) in [6.45, 7) is 14.0. The second kappa shape index (κ2) is 6.08. The Morgan fingerprint density at radius 1 is 1.00 bits per heavy atom. The van der Waals surface area contributed by atoms with Crippen molar-refractivity contribution in [1.82, 2.24) is 14.9 Å². The lowest BCUT2D eigenvalue weighted by Gasteiger charge is -2.27. The third kappa shape index (κ3) is 3.57. The summed E-state index contributed by atoms with van der Waals surface area (Å²) >= 11 is 0. The highest BCUT2D eigenvalue weighted by atomic mass is 16.2. The Morgan fingerprint density at radius 2 is 1.58 bits per heavy atom. The third-order valence-electron chi connectivity index (χ3n) is 4.87. The van der Waals surface area contributed by atoms with Gasteiger partial charge in [-0.05, 0) is 34.1 Å². The minimum Gasteiger partial charge on any atom is -0.368 e. The predicted molar refractivity (Wildman–Crippen MR) is 104 cm³/mol. The van der Waals surface area contributed by atoms with Gasteiger partial charge in [-0.1, -0.05) is 47.6 Å². The summed E-state index contributed by atoms with van der Waals surface area (Å²) < 4.78 is 0. The van der Waals surface area contributed by atoms with Crippen LogP contribution in [0.4, 0.5) is 5.95 Å². The molecule has 0 saturated heterocycles. The van der Waals surface area contributed by atoms with Crippen LogP contribution in [0.5, 0.6) is 0 Å². The van der Waals surface area contributed by atoms with E-state index in [1.165, 1.54) is 11.1 Å². The van der Waals surface area contributed by atoms with Gasteiger partial charge in [-0.15, -0.1) is 0 Å².